The smallest absolute Gasteiger partial charge is 0.433 e. The highest BCUT2D eigenvalue weighted by Gasteiger charge is 2.36. The van der Waals surface area contributed by atoms with Crippen molar-refractivity contribution in [2.75, 3.05) is 18.2 Å². The summed E-state index contributed by atoms with van der Waals surface area (Å²) in [5, 5.41) is 6.42. The van der Waals surface area contributed by atoms with E-state index in [-0.39, 0.29) is 5.69 Å². The van der Waals surface area contributed by atoms with Gasteiger partial charge < -0.3 is 20.4 Å². The molecule has 0 radical (unpaired) electrons. The van der Waals surface area contributed by atoms with Gasteiger partial charge in [-0.3, -0.25) is 9.48 Å². The first kappa shape index (κ1) is 22.7. The van der Waals surface area contributed by atoms with Crippen molar-refractivity contribution in [1.82, 2.24) is 24.3 Å². The molecule has 3 N–H and O–H groups in total. The molecule has 4 aromatic rings. The van der Waals surface area contributed by atoms with Crippen molar-refractivity contribution in [2.45, 2.75) is 38.9 Å². The van der Waals surface area contributed by atoms with E-state index in [2.05, 4.69) is 20.4 Å². The lowest BCUT2D eigenvalue weighted by Crippen LogP contribution is -2.24. The van der Waals surface area contributed by atoms with Gasteiger partial charge >= 0.3 is 6.18 Å². The van der Waals surface area contributed by atoms with Crippen molar-refractivity contribution in [1.29, 1.82) is 0 Å². The number of methoxy groups -OCH3 is 1. The van der Waals surface area contributed by atoms with Gasteiger partial charge in [-0.05, 0) is 49.9 Å². The average molecular weight is 485 g/mol. The maximum Gasteiger partial charge on any atom is 0.433 e. The van der Waals surface area contributed by atoms with Crippen LogP contribution in [-0.2, 0) is 30.4 Å². The number of fused-ring (bicyclic) bond motifs is 3. The molecule has 0 spiro atoms. The minimum Gasteiger partial charge on any atom is -0.494 e. The molecule has 0 saturated heterocycles. The van der Waals surface area contributed by atoms with E-state index in [1.165, 1.54) is 20.4 Å². The number of nitrogens with zero attached hydrogens (tertiary/aromatic N) is 5. The molecule has 0 saturated carbocycles. The average Bonchev–Trinajstić information content (AvgIpc) is 3.49. The Morgan fingerprint density at radius 1 is 1.23 bits per heavy atom. The van der Waals surface area contributed by atoms with Crippen molar-refractivity contribution < 1.29 is 22.7 Å². The van der Waals surface area contributed by atoms with Crippen LogP contribution < -0.4 is 15.8 Å². The number of nitrogen functional groups attached to an aromatic ring is 1. The van der Waals surface area contributed by atoms with E-state index in [9.17, 15) is 18.0 Å². The Balaban J connectivity index is 1.47. The number of carbonyl (C=O) groups excluding carboxylic acids is 1. The molecule has 0 fully saturated rings. The number of aryl methyl sites for hydroxylation is 2. The highest BCUT2D eigenvalue weighted by atomic mass is 19.4. The number of alkyl halides is 3. The van der Waals surface area contributed by atoms with Crippen molar-refractivity contribution in [3.05, 3.63) is 53.2 Å². The molecule has 0 aliphatic heterocycles. The fraction of sp³-hybridized carbons (Fsp3) is 0.304. The molecule has 1 aliphatic carbocycles. The van der Waals surface area contributed by atoms with Crippen LogP contribution in [0.1, 0.15) is 29.1 Å². The van der Waals surface area contributed by atoms with Gasteiger partial charge in [-0.2, -0.15) is 18.3 Å². The summed E-state index contributed by atoms with van der Waals surface area (Å²) < 4.78 is 47.8. The number of hydrogen-bond donors (Lipinski definition) is 2. The minimum absolute atomic E-state index is 0.168. The van der Waals surface area contributed by atoms with Crippen LogP contribution in [-0.4, -0.2) is 37.3 Å². The van der Waals surface area contributed by atoms with Crippen LogP contribution in [0.2, 0.25) is 0 Å². The Bertz CT molecular complexity index is 1460. The number of rotatable bonds is 5. The van der Waals surface area contributed by atoms with Crippen molar-refractivity contribution in [3.8, 4) is 11.4 Å². The van der Waals surface area contributed by atoms with Gasteiger partial charge in [-0.15, -0.1) is 0 Å². The number of aromatic nitrogens is 5. The molecular formula is C23H22F3N7O2. The van der Waals surface area contributed by atoms with Crippen molar-refractivity contribution in [3.63, 3.8) is 0 Å². The fourth-order valence-electron chi connectivity index (χ4n) is 4.63. The predicted octanol–water partition coefficient (Wildman–Crippen LogP) is 3.66. The van der Waals surface area contributed by atoms with E-state index in [4.69, 9.17) is 10.5 Å². The summed E-state index contributed by atoms with van der Waals surface area (Å²) >= 11 is 0. The van der Waals surface area contributed by atoms with E-state index < -0.39 is 24.3 Å². The molecular weight excluding hydrogens is 463 g/mol. The van der Waals surface area contributed by atoms with Gasteiger partial charge in [0.25, 0.3) is 0 Å². The Morgan fingerprint density at radius 3 is 2.77 bits per heavy atom. The largest absolute Gasteiger partial charge is 0.494 e. The Hall–Kier alpha value is -4.09. The van der Waals surface area contributed by atoms with Crippen LogP contribution in [0.4, 0.5) is 24.7 Å². The number of hydrogen-bond acceptors (Lipinski definition) is 6. The summed E-state index contributed by atoms with van der Waals surface area (Å²) in [5.41, 5.74) is 10.2. The Kier molecular flexibility index (Phi) is 5.37. The lowest BCUT2D eigenvalue weighted by Gasteiger charge is -2.16. The molecule has 3 aromatic heterocycles. The number of benzene rings is 1. The monoisotopic (exact) mass is 485 g/mol. The van der Waals surface area contributed by atoms with E-state index in [0.717, 1.165) is 47.8 Å². The second-order valence-electron chi connectivity index (χ2n) is 8.33. The molecule has 9 nitrogen and oxygen atoms in total. The number of amides is 1. The van der Waals surface area contributed by atoms with Crippen molar-refractivity contribution in [2.24, 2.45) is 0 Å². The molecule has 12 heteroatoms. The zero-order valence-corrected chi connectivity index (χ0v) is 19.0. The topological polar surface area (TPSA) is 113 Å². The van der Waals surface area contributed by atoms with Crippen LogP contribution in [0.5, 0.6) is 5.75 Å². The lowest BCUT2D eigenvalue weighted by atomic mass is 10.2. The fourth-order valence-corrected chi connectivity index (χ4v) is 4.63. The second kappa shape index (κ2) is 8.29. The standard InChI is InChI=1S/C23H22F3N7O2/c1-12-8-18(23(24,25)26)32(31-12)10-19(34)30-15-7-6-13(9-17(15)35-2)33-16-5-3-4-14(16)20-21(33)22(27)29-11-28-20/h6-9,11H,3-5,10H2,1-2H3,(H,30,34)(H2,27,28,29). The number of nitrogens with two attached hydrogens (primary N) is 1. The number of nitrogens with one attached hydrogen (secondary N) is 1. The number of halogens is 3. The SMILES string of the molecule is COc1cc(-n2c3c(c4ncnc(N)c42)CCC3)ccc1NC(=O)Cn1nc(C)cc1C(F)(F)F. The molecule has 0 atom stereocenters. The molecule has 0 bridgehead atoms. The van der Waals surface area contributed by atoms with Gasteiger partial charge in [0.2, 0.25) is 5.91 Å². The maximum atomic E-state index is 13.2. The summed E-state index contributed by atoms with van der Waals surface area (Å²) in [6, 6.07) is 6.05. The third-order valence-electron chi connectivity index (χ3n) is 6.02. The van der Waals surface area contributed by atoms with Gasteiger partial charge in [0, 0.05) is 17.4 Å². The summed E-state index contributed by atoms with van der Waals surface area (Å²) in [6.07, 6.45) is -0.413. The van der Waals surface area contributed by atoms with E-state index in [1.54, 1.807) is 18.2 Å². The highest BCUT2D eigenvalue weighted by Crippen LogP contribution is 2.38. The molecule has 5 rings (SSSR count). The van der Waals surface area contributed by atoms with Crippen molar-refractivity contribution >= 4 is 28.4 Å². The van der Waals surface area contributed by atoms with Gasteiger partial charge in [-0.25, -0.2) is 9.97 Å². The molecule has 3 heterocycles. The quantitative estimate of drug-likeness (QED) is 0.446. The first-order valence-electron chi connectivity index (χ1n) is 10.9. The number of ether oxygens (including phenoxy) is 1. The Labute approximate surface area is 197 Å². The van der Waals surface area contributed by atoms with Crippen LogP contribution in [0.15, 0.2) is 30.6 Å². The van der Waals surface area contributed by atoms with Crippen LogP contribution in [0, 0.1) is 6.92 Å². The highest BCUT2D eigenvalue weighted by molar-refractivity contribution is 5.93. The van der Waals surface area contributed by atoms with Gasteiger partial charge in [0.05, 0.1) is 24.0 Å². The zero-order chi connectivity index (χ0) is 24.9. The second-order valence-corrected chi connectivity index (χ2v) is 8.33. The third-order valence-corrected chi connectivity index (χ3v) is 6.02. The normalized spacial score (nSPS) is 13.3. The summed E-state index contributed by atoms with van der Waals surface area (Å²) in [5.74, 6) is 0.0258. The zero-order valence-electron chi connectivity index (χ0n) is 19.0. The summed E-state index contributed by atoms with van der Waals surface area (Å²) in [7, 11) is 1.45. The maximum absolute atomic E-state index is 13.2. The van der Waals surface area contributed by atoms with Crippen LogP contribution in [0.25, 0.3) is 16.7 Å². The molecule has 1 aromatic carbocycles. The minimum atomic E-state index is -4.62. The van der Waals surface area contributed by atoms with Gasteiger partial charge in [-0.1, -0.05) is 0 Å². The molecule has 0 unspecified atom stereocenters. The summed E-state index contributed by atoms with van der Waals surface area (Å²) in [4.78, 5) is 21.2. The van der Waals surface area contributed by atoms with Gasteiger partial charge in [0.15, 0.2) is 5.82 Å². The number of anilines is 2. The lowest BCUT2D eigenvalue weighted by molar-refractivity contribution is -0.144. The van der Waals surface area contributed by atoms with E-state index in [1.807, 2.05) is 4.57 Å². The van der Waals surface area contributed by atoms with Crippen LogP contribution >= 0.6 is 0 Å². The molecule has 1 aliphatic rings. The summed E-state index contributed by atoms with van der Waals surface area (Å²) in [6.45, 7) is 0.835. The van der Waals surface area contributed by atoms with E-state index in [0.29, 0.717) is 27.5 Å². The van der Waals surface area contributed by atoms with Gasteiger partial charge in [0.1, 0.15) is 29.8 Å². The third kappa shape index (κ3) is 3.94. The van der Waals surface area contributed by atoms with E-state index >= 15 is 0 Å². The molecule has 182 valence electrons. The predicted molar refractivity (Wildman–Crippen MR) is 122 cm³/mol. The number of carbonyl (C=O) groups is 1. The molecule has 35 heavy (non-hydrogen) atoms. The first-order chi connectivity index (χ1) is 16.7. The first-order valence-corrected chi connectivity index (χ1v) is 10.9. The molecule has 1 amide bonds. The Morgan fingerprint density at radius 2 is 2.03 bits per heavy atom. The van der Waals surface area contributed by atoms with Crippen LogP contribution in [0.3, 0.4) is 0 Å².